The number of carbonyl (C=O) groups excluding carboxylic acids is 2. The van der Waals surface area contributed by atoms with Crippen molar-refractivity contribution in [1.82, 2.24) is 0 Å². The van der Waals surface area contributed by atoms with Crippen LogP contribution in [0.3, 0.4) is 0 Å². The molecule has 4 nitrogen and oxygen atoms in total. The van der Waals surface area contributed by atoms with Crippen molar-refractivity contribution in [2.45, 2.75) is 84.3 Å². The fraction of sp³-hybridized carbons (Fsp3) is 0.895. The summed E-state index contributed by atoms with van der Waals surface area (Å²) in [4.78, 5) is 24.8. The van der Waals surface area contributed by atoms with Crippen LogP contribution in [0.2, 0.25) is 0 Å². The first-order chi connectivity index (χ1) is 11.1. The second-order valence-electron chi connectivity index (χ2n) is 7.10. The molecule has 2 heterocycles. The monoisotopic (exact) mass is 324 g/mol. The van der Waals surface area contributed by atoms with Crippen LogP contribution in [-0.2, 0) is 19.1 Å². The normalized spacial score (nSPS) is 30.9. The Labute approximate surface area is 140 Å². The molecule has 2 bridgehead atoms. The van der Waals surface area contributed by atoms with Gasteiger partial charge in [-0.1, -0.05) is 33.1 Å². The molecule has 5 atom stereocenters. The molecule has 2 aliphatic heterocycles. The zero-order valence-corrected chi connectivity index (χ0v) is 14.9. The summed E-state index contributed by atoms with van der Waals surface area (Å²) in [6.07, 6.45) is 7.37. The van der Waals surface area contributed by atoms with Gasteiger partial charge in [0.25, 0.3) is 0 Å². The fourth-order valence-corrected chi connectivity index (χ4v) is 4.17. The van der Waals surface area contributed by atoms with E-state index in [0.717, 1.165) is 44.9 Å². The lowest BCUT2D eigenvalue weighted by atomic mass is 9.71. The third-order valence-electron chi connectivity index (χ3n) is 5.52. The van der Waals surface area contributed by atoms with Gasteiger partial charge in [-0.3, -0.25) is 9.59 Å². The molecular formula is C19H32O4. The quantitative estimate of drug-likeness (QED) is 0.603. The van der Waals surface area contributed by atoms with Crippen molar-refractivity contribution in [1.29, 1.82) is 0 Å². The van der Waals surface area contributed by atoms with Crippen LogP contribution in [0.5, 0.6) is 0 Å². The third-order valence-corrected chi connectivity index (χ3v) is 5.52. The van der Waals surface area contributed by atoms with Crippen molar-refractivity contribution in [2.24, 2.45) is 17.8 Å². The van der Waals surface area contributed by atoms with Gasteiger partial charge in [-0.15, -0.1) is 0 Å². The van der Waals surface area contributed by atoms with Gasteiger partial charge in [-0.25, -0.2) is 0 Å². The summed E-state index contributed by atoms with van der Waals surface area (Å²) in [6, 6.07) is 0. The molecule has 0 spiro atoms. The lowest BCUT2D eigenvalue weighted by Crippen LogP contribution is -2.50. The Bertz CT molecular complexity index is 406. The van der Waals surface area contributed by atoms with Crippen molar-refractivity contribution in [3.8, 4) is 0 Å². The Morgan fingerprint density at radius 3 is 2.57 bits per heavy atom. The summed E-state index contributed by atoms with van der Waals surface area (Å²) in [5.74, 6) is 0.559. The summed E-state index contributed by atoms with van der Waals surface area (Å²) < 4.78 is 11.2. The minimum absolute atomic E-state index is 0.114. The molecule has 3 rings (SSSR count). The van der Waals surface area contributed by atoms with Crippen LogP contribution in [0.1, 0.15) is 72.1 Å². The maximum Gasteiger partial charge on any atom is 0.309 e. The second kappa shape index (κ2) is 8.81. The van der Waals surface area contributed by atoms with Gasteiger partial charge < -0.3 is 9.47 Å². The van der Waals surface area contributed by atoms with Crippen molar-refractivity contribution in [3.05, 3.63) is 0 Å². The van der Waals surface area contributed by atoms with Crippen LogP contribution >= 0.6 is 0 Å². The molecule has 132 valence electrons. The largest absolute Gasteiger partial charge is 0.466 e. The van der Waals surface area contributed by atoms with Gasteiger partial charge in [0.2, 0.25) is 0 Å². The number of hydrogen-bond acceptors (Lipinski definition) is 4. The molecule has 5 unspecified atom stereocenters. The maximum absolute atomic E-state index is 12.7. The van der Waals surface area contributed by atoms with Crippen molar-refractivity contribution in [3.63, 3.8) is 0 Å². The third kappa shape index (κ3) is 4.56. The van der Waals surface area contributed by atoms with E-state index in [1.807, 2.05) is 6.92 Å². The number of hydrogen-bond donors (Lipinski definition) is 0. The Morgan fingerprint density at radius 1 is 1.22 bits per heavy atom. The van der Waals surface area contributed by atoms with E-state index in [4.69, 9.17) is 9.47 Å². The SMILES string of the molecule is CCCCC(CC(=O)C1OC2CCC1CC2CC)C(=O)OCC. The molecule has 0 radical (unpaired) electrons. The van der Waals surface area contributed by atoms with Crippen molar-refractivity contribution >= 4 is 11.8 Å². The maximum atomic E-state index is 12.7. The average Bonchev–Trinajstić information content (AvgIpc) is 2.58. The predicted octanol–water partition coefficient (Wildman–Crippen LogP) is 3.91. The number of carbonyl (C=O) groups is 2. The lowest BCUT2D eigenvalue weighted by Gasteiger charge is -2.46. The molecule has 3 fully saturated rings. The Hall–Kier alpha value is -0.900. The second-order valence-corrected chi connectivity index (χ2v) is 7.10. The number of rotatable bonds is 9. The minimum atomic E-state index is -0.298. The van der Waals surface area contributed by atoms with E-state index >= 15 is 0 Å². The van der Waals surface area contributed by atoms with Crippen LogP contribution < -0.4 is 0 Å². The zero-order valence-electron chi connectivity index (χ0n) is 14.9. The summed E-state index contributed by atoms with van der Waals surface area (Å²) in [6.45, 7) is 6.48. The van der Waals surface area contributed by atoms with Gasteiger partial charge in [-0.2, -0.15) is 0 Å². The summed E-state index contributed by atoms with van der Waals surface area (Å²) >= 11 is 0. The van der Waals surface area contributed by atoms with Gasteiger partial charge in [0, 0.05) is 6.42 Å². The van der Waals surface area contributed by atoms with Gasteiger partial charge in [0.1, 0.15) is 6.10 Å². The number of Topliss-reactive ketones (excluding diaryl/α,β-unsaturated/α-hetero) is 1. The van der Waals surface area contributed by atoms with E-state index in [1.54, 1.807) is 0 Å². The smallest absolute Gasteiger partial charge is 0.309 e. The van der Waals surface area contributed by atoms with Gasteiger partial charge >= 0.3 is 5.97 Å². The Morgan fingerprint density at radius 2 is 2.00 bits per heavy atom. The van der Waals surface area contributed by atoms with Gasteiger partial charge in [0.05, 0.1) is 18.6 Å². The van der Waals surface area contributed by atoms with E-state index in [0.29, 0.717) is 18.4 Å². The molecule has 1 aliphatic carbocycles. The zero-order chi connectivity index (χ0) is 16.8. The average molecular weight is 324 g/mol. The highest BCUT2D eigenvalue weighted by Crippen LogP contribution is 2.43. The molecule has 4 heteroatoms. The van der Waals surface area contributed by atoms with E-state index in [9.17, 15) is 9.59 Å². The van der Waals surface area contributed by atoms with Crippen molar-refractivity contribution < 1.29 is 19.1 Å². The van der Waals surface area contributed by atoms with Crippen LogP contribution in [0.4, 0.5) is 0 Å². The van der Waals surface area contributed by atoms with Crippen LogP contribution in [0.15, 0.2) is 0 Å². The molecule has 0 N–H and O–H groups in total. The summed E-state index contributed by atoms with van der Waals surface area (Å²) in [7, 11) is 0. The van der Waals surface area contributed by atoms with Gasteiger partial charge in [-0.05, 0) is 44.4 Å². The highest BCUT2D eigenvalue weighted by molar-refractivity contribution is 5.88. The molecule has 0 amide bonds. The number of ketones is 1. The highest BCUT2D eigenvalue weighted by Gasteiger charge is 2.45. The molecule has 2 saturated heterocycles. The van der Waals surface area contributed by atoms with Crippen LogP contribution in [0, 0.1) is 17.8 Å². The number of ether oxygens (including phenoxy) is 2. The molecular weight excluding hydrogens is 292 g/mol. The Kier molecular flexibility index (Phi) is 7.07. The first-order valence-electron chi connectivity index (χ1n) is 9.45. The van der Waals surface area contributed by atoms with E-state index in [-0.39, 0.29) is 36.3 Å². The van der Waals surface area contributed by atoms with E-state index in [1.165, 1.54) is 0 Å². The number of esters is 1. The van der Waals surface area contributed by atoms with Gasteiger partial charge in [0.15, 0.2) is 5.78 Å². The summed E-state index contributed by atoms with van der Waals surface area (Å²) in [5.41, 5.74) is 0. The highest BCUT2D eigenvalue weighted by atomic mass is 16.5. The number of unbranched alkanes of at least 4 members (excludes halogenated alkanes) is 1. The molecule has 0 aromatic carbocycles. The number of fused-ring (bicyclic) bond motifs is 3. The topological polar surface area (TPSA) is 52.6 Å². The van der Waals surface area contributed by atoms with Crippen LogP contribution in [0.25, 0.3) is 0 Å². The molecule has 1 saturated carbocycles. The predicted molar refractivity (Wildman–Crippen MR) is 89.1 cm³/mol. The Balaban J connectivity index is 1.94. The lowest BCUT2D eigenvalue weighted by molar-refractivity contribution is -0.174. The first-order valence-corrected chi connectivity index (χ1v) is 9.45. The molecule has 3 aliphatic rings. The first kappa shape index (κ1) is 18.4. The fourth-order valence-electron chi connectivity index (χ4n) is 4.17. The van der Waals surface area contributed by atoms with E-state index < -0.39 is 0 Å². The molecule has 0 aromatic rings. The minimum Gasteiger partial charge on any atom is -0.466 e. The molecule has 23 heavy (non-hydrogen) atoms. The van der Waals surface area contributed by atoms with Crippen LogP contribution in [-0.4, -0.2) is 30.6 Å². The van der Waals surface area contributed by atoms with Crippen molar-refractivity contribution in [2.75, 3.05) is 6.61 Å². The summed E-state index contributed by atoms with van der Waals surface area (Å²) in [5, 5.41) is 0. The standard InChI is InChI=1S/C19H32O4/c1-4-7-8-15(19(21)22-6-3)12-16(20)18-14-9-10-17(23-18)13(5-2)11-14/h13-15,17-18H,4-12H2,1-3H3. The van der Waals surface area contributed by atoms with E-state index in [2.05, 4.69) is 13.8 Å². The molecule has 0 aromatic heterocycles.